The Kier molecular flexibility index (Phi) is 4.81. The van der Waals surface area contributed by atoms with Crippen LogP contribution in [-0.4, -0.2) is 28.8 Å². The molecular weight excluding hydrogens is 272 g/mol. The maximum absolute atomic E-state index is 12.6. The summed E-state index contributed by atoms with van der Waals surface area (Å²) < 4.78 is 0. The number of rotatable bonds is 5. The van der Waals surface area contributed by atoms with Crippen molar-refractivity contribution in [2.75, 3.05) is 0 Å². The molecule has 1 saturated heterocycles. The van der Waals surface area contributed by atoms with Gasteiger partial charge < -0.3 is 10.2 Å². The molecule has 3 atom stereocenters. The maximum atomic E-state index is 12.6. The second-order valence-electron chi connectivity index (χ2n) is 5.40. The van der Waals surface area contributed by atoms with Crippen LogP contribution in [0.4, 0.5) is 0 Å². The lowest BCUT2D eigenvalue weighted by Gasteiger charge is -2.41. The molecule has 2 heterocycles. The number of amides is 2. The number of hydrogen-bond acceptors (Lipinski definition) is 3. The van der Waals surface area contributed by atoms with Crippen LogP contribution in [0.2, 0.25) is 0 Å². The third-order valence-corrected chi connectivity index (χ3v) is 4.76. The molecule has 0 saturated carbocycles. The van der Waals surface area contributed by atoms with Gasteiger partial charge in [-0.3, -0.25) is 9.59 Å². The van der Waals surface area contributed by atoms with Gasteiger partial charge in [-0.15, -0.1) is 0 Å². The molecule has 0 bridgehead atoms. The fourth-order valence-corrected chi connectivity index (χ4v) is 3.28. The van der Waals surface area contributed by atoms with E-state index in [4.69, 9.17) is 0 Å². The van der Waals surface area contributed by atoms with Gasteiger partial charge >= 0.3 is 0 Å². The highest BCUT2D eigenvalue weighted by molar-refractivity contribution is 7.07. The molecule has 4 nitrogen and oxygen atoms in total. The monoisotopic (exact) mass is 294 g/mol. The maximum Gasteiger partial charge on any atom is 0.246 e. The average Bonchev–Trinajstić information content (AvgIpc) is 2.94. The molecule has 2 rings (SSSR count). The Hall–Kier alpha value is -1.36. The van der Waals surface area contributed by atoms with E-state index in [1.807, 2.05) is 30.7 Å². The predicted octanol–water partition coefficient (Wildman–Crippen LogP) is 2.40. The van der Waals surface area contributed by atoms with Gasteiger partial charge in [-0.1, -0.05) is 27.2 Å². The van der Waals surface area contributed by atoms with Crippen molar-refractivity contribution in [1.29, 1.82) is 0 Å². The SMILES string of the molecule is CCC1NC(=O)C(C(C)CC)N(Cc2ccsc2)C1=O. The first-order valence-electron chi connectivity index (χ1n) is 7.20. The predicted molar refractivity (Wildman–Crippen MR) is 80.3 cm³/mol. The van der Waals surface area contributed by atoms with Gasteiger partial charge in [-0.25, -0.2) is 0 Å². The molecule has 0 radical (unpaired) electrons. The van der Waals surface area contributed by atoms with Crippen LogP contribution in [0.15, 0.2) is 16.8 Å². The van der Waals surface area contributed by atoms with E-state index < -0.39 is 0 Å². The highest BCUT2D eigenvalue weighted by Gasteiger charge is 2.41. The number of nitrogens with zero attached hydrogens (tertiary/aromatic N) is 1. The van der Waals surface area contributed by atoms with Crippen molar-refractivity contribution in [3.05, 3.63) is 22.4 Å². The Balaban J connectivity index is 2.27. The third kappa shape index (κ3) is 2.87. The molecule has 2 amide bonds. The van der Waals surface area contributed by atoms with Crippen molar-refractivity contribution >= 4 is 23.2 Å². The second-order valence-corrected chi connectivity index (χ2v) is 6.18. The number of thiophene rings is 1. The van der Waals surface area contributed by atoms with E-state index in [1.165, 1.54) is 0 Å². The minimum absolute atomic E-state index is 0.0129. The Morgan fingerprint density at radius 2 is 2.15 bits per heavy atom. The lowest BCUT2D eigenvalue weighted by Crippen LogP contribution is -2.64. The summed E-state index contributed by atoms with van der Waals surface area (Å²) in [6.45, 7) is 6.54. The van der Waals surface area contributed by atoms with Gasteiger partial charge in [0, 0.05) is 6.54 Å². The van der Waals surface area contributed by atoms with Crippen LogP contribution in [0, 0.1) is 5.92 Å². The van der Waals surface area contributed by atoms with Gasteiger partial charge in [0.15, 0.2) is 0 Å². The Labute approximate surface area is 124 Å². The molecule has 3 unspecified atom stereocenters. The van der Waals surface area contributed by atoms with Crippen molar-refractivity contribution in [3.63, 3.8) is 0 Å². The summed E-state index contributed by atoms with van der Waals surface area (Å²) in [5.41, 5.74) is 1.10. The summed E-state index contributed by atoms with van der Waals surface area (Å²) in [4.78, 5) is 26.7. The molecule has 0 aliphatic carbocycles. The van der Waals surface area contributed by atoms with E-state index in [2.05, 4.69) is 12.2 Å². The quantitative estimate of drug-likeness (QED) is 0.906. The van der Waals surface area contributed by atoms with E-state index in [0.717, 1.165) is 12.0 Å². The van der Waals surface area contributed by atoms with Crippen molar-refractivity contribution in [2.45, 2.75) is 52.2 Å². The van der Waals surface area contributed by atoms with Crippen molar-refractivity contribution in [2.24, 2.45) is 5.92 Å². The van der Waals surface area contributed by atoms with E-state index >= 15 is 0 Å². The Morgan fingerprint density at radius 1 is 1.40 bits per heavy atom. The molecule has 110 valence electrons. The molecule has 1 fully saturated rings. The van der Waals surface area contributed by atoms with Crippen LogP contribution in [0.25, 0.3) is 0 Å². The van der Waals surface area contributed by atoms with Crippen LogP contribution in [0.1, 0.15) is 39.2 Å². The first kappa shape index (κ1) is 15.0. The summed E-state index contributed by atoms with van der Waals surface area (Å²) in [5, 5.41) is 6.90. The molecular formula is C15H22N2O2S. The summed E-state index contributed by atoms with van der Waals surface area (Å²) >= 11 is 1.61. The average molecular weight is 294 g/mol. The number of hydrogen-bond donors (Lipinski definition) is 1. The Morgan fingerprint density at radius 3 is 2.70 bits per heavy atom. The summed E-state index contributed by atoms with van der Waals surface area (Å²) in [6, 6.07) is 1.29. The molecule has 1 aliphatic heterocycles. The summed E-state index contributed by atoms with van der Waals surface area (Å²) in [5.74, 6) is 0.194. The fourth-order valence-electron chi connectivity index (χ4n) is 2.62. The van der Waals surface area contributed by atoms with Gasteiger partial charge in [-0.2, -0.15) is 11.3 Å². The Bertz CT molecular complexity index is 472. The highest BCUT2D eigenvalue weighted by Crippen LogP contribution is 2.23. The largest absolute Gasteiger partial charge is 0.343 e. The molecule has 1 N–H and O–H groups in total. The topological polar surface area (TPSA) is 49.4 Å². The van der Waals surface area contributed by atoms with Crippen LogP contribution in [0.3, 0.4) is 0 Å². The first-order valence-corrected chi connectivity index (χ1v) is 8.14. The van der Waals surface area contributed by atoms with E-state index in [0.29, 0.717) is 13.0 Å². The zero-order valence-electron chi connectivity index (χ0n) is 12.3. The zero-order valence-corrected chi connectivity index (χ0v) is 13.1. The normalized spacial score (nSPS) is 24.6. The first-order chi connectivity index (χ1) is 9.58. The standard InChI is InChI=1S/C15H22N2O2S/c1-4-10(3)13-14(18)16-12(5-2)15(19)17(13)8-11-6-7-20-9-11/h6-7,9-10,12-13H,4-5,8H2,1-3H3,(H,16,18). The van der Waals surface area contributed by atoms with E-state index in [-0.39, 0.29) is 29.8 Å². The molecule has 0 aromatic carbocycles. The summed E-state index contributed by atoms with van der Waals surface area (Å²) in [7, 11) is 0. The molecule has 20 heavy (non-hydrogen) atoms. The number of carbonyl (C=O) groups is 2. The minimum Gasteiger partial charge on any atom is -0.343 e. The van der Waals surface area contributed by atoms with Gasteiger partial charge in [-0.05, 0) is 34.7 Å². The van der Waals surface area contributed by atoms with Crippen molar-refractivity contribution in [3.8, 4) is 0 Å². The molecule has 5 heteroatoms. The lowest BCUT2D eigenvalue weighted by atomic mass is 9.92. The van der Waals surface area contributed by atoms with E-state index in [1.54, 1.807) is 16.2 Å². The smallest absolute Gasteiger partial charge is 0.246 e. The second kappa shape index (κ2) is 6.39. The van der Waals surface area contributed by atoms with Crippen LogP contribution in [0.5, 0.6) is 0 Å². The van der Waals surface area contributed by atoms with Gasteiger partial charge in [0.2, 0.25) is 11.8 Å². The zero-order chi connectivity index (χ0) is 14.7. The van der Waals surface area contributed by atoms with Crippen LogP contribution >= 0.6 is 11.3 Å². The highest BCUT2D eigenvalue weighted by atomic mass is 32.1. The molecule has 1 aromatic rings. The van der Waals surface area contributed by atoms with Gasteiger partial charge in [0.05, 0.1) is 0 Å². The van der Waals surface area contributed by atoms with Gasteiger partial charge in [0.1, 0.15) is 12.1 Å². The van der Waals surface area contributed by atoms with Crippen molar-refractivity contribution in [1.82, 2.24) is 10.2 Å². The molecule has 1 aromatic heterocycles. The minimum atomic E-state index is -0.374. The number of carbonyl (C=O) groups excluding carboxylic acids is 2. The van der Waals surface area contributed by atoms with Crippen molar-refractivity contribution < 1.29 is 9.59 Å². The number of piperazine rings is 1. The van der Waals surface area contributed by atoms with Gasteiger partial charge in [0.25, 0.3) is 0 Å². The van der Waals surface area contributed by atoms with E-state index in [9.17, 15) is 9.59 Å². The fraction of sp³-hybridized carbons (Fsp3) is 0.600. The third-order valence-electron chi connectivity index (χ3n) is 4.03. The molecule has 0 spiro atoms. The molecule has 1 aliphatic rings. The van der Waals surface area contributed by atoms with Crippen LogP contribution in [-0.2, 0) is 16.1 Å². The summed E-state index contributed by atoms with van der Waals surface area (Å²) in [6.07, 6.45) is 1.51. The lowest BCUT2D eigenvalue weighted by molar-refractivity contribution is -0.152. The van der Waals surface area contributed by atoms with Crippen LogP contribution < -0.4 is 5.32 Å². The number of nitrogens with one attached hydrogen (secondary N) is 1.